The summed E-state index contributed by atoms with van der Waals surface area (Å²) in [6, 6.07) is 3.96. The Kier molecular flexibility index (Phi) is 3.48. The van der Waals surface area contributed by atoms with Crippen LogP contribution in [-0.2, 0) is 6.54 Å². The Morgan fingerprint density at radius 3 is 3.05 bits per heavy atom. The van der Waals surface area contributed by atoms with E-state index in [1.165, 1.54) is 4.91 Å². The molecule has 1 unspecified atom stereocenters. The molecule has 0 spiro atoms. The molecule has 0 radical (unpaired) electrons. The molecule has 1 aromatic rings. The minimum absolute atomic E-state index is 0.119. The average Bonchev–Trinajstić information content (AvgIpc) is 3.01. The fourth-order valence-corrected chi connectivity index (χ4v) is 3.52. The van der Waals surface area contributed by atoms with Crippen LogP contribution in [0.4, 0.5) is 0 Å². The van der Waals surface area contributed by atoms with E-state index in [0.29, 0.717) is 17.0 Å². The van der Waals surface area contributed by atoms with Gasteiger partial charge in [0.2, 0.25) is 0 Å². The van der Waals surface area contributed by atoms with Gasteiger partial charge in [-0.3, -0.25) is 0 Å². The Balaban J connectivity index is 1.88. The maximum Gasteiger partial charge on any atom is 0.123 e. The first-order valence-electron chi connectivity index (χ1n) is 6.17. The van der Waals surface area contributed by atoms with Gasteiger partial charge < -0.3 is 15.1 Å². The molecular formula is C14H15ClN2OS. The predicted molar refractivity (Wildman–Crippen MR) is 79.4 cm³/mol. The standard InChI is InChI=1S/C14H15ClN2OS/c1-9(16)13-7-11-12(19-13)4-5-14(15)17(11)8-10-3-2-6-18-10/h2-7,9,13H,8,16H2,1H3/t9-,13?/m1/s1. The van der Waals surface area contributed by atoms with Crippen LogP contribution in [0.15, 0.2) is 56.8 Å². The van der Waals surface area contributed by atoms with Crippen LogP contribution < -0.4 is 5.73 Å². The number of hydrogen-bond acceptors (Lipinski definition) is 4. The van der Waals surface area contributed by atoms with E-state index in [0.717, 1.165) is 11.5 Å². The Morgan fingerprint density at radius 1 is 1.53 bits per heavy atom. The lowest BCUT2D eigenvalue weighted by molar-refractivity contribution is 0.385. The van der Waals surface area contributed by atoms with Crippen LogP contribution >= 0.6 is 23.4 Å². The zero-order valence-electron chi connectivity index (χ0n) is 10.5. The Bertz CT molecular complexity index is 560. The van der Waals surface area contributed by atoms with Gasteiger partial charge in [-0.1, -0.05) is 11.6 Å². The molecule has 19 heavy (non-hydrogen) atoms. The van der Waals surface area contributed by atoms with E-state index in [-0.39, 0.29) is 6.04 Å². The molecule has 0 amide bonds. The van der Waals surface area contributed by atoms with Gasteiger partial charge in [-0.15, -0.1) is 11.8 Å². The number of furan rings is 1. The topological polar surface area (TPSA) is 42.4 Å². The predicted octanol–water partition coefficient (Wildman–Crippen LogP) is 3.41. The van der Waals surface area contributed by atoms with Crippen molar-refractivity contribution in [2.45, 2.75) is 24.8 Å². The summed E-state index contributed by atoms with van der Waals surface area (Å²) in [5, 5.41) is 1.01. The third kappa shape index (κ3) is 2.48. The van der Waals surface area contributed by atoms with E-state index in [9.17, 15) is 0 Å². The van der Waals surface area contributed by atoms with E-state index in [2.05, 4.69) is 17.1 Å². The second-order valence-electron chi connectivity index (χ2n) is 4.68. The number of halogens is 1. The van der Waals surface area contributed by atoms with Gasteiger partial charge in [0.15, 0.2) is 0 Å². The van der Waals surface area contributed by atoms with Gasteiger partial charge in [-0.25, -0.2) is 0 Å². The molecule has 0 bridgehead atoms. The van der Waals surface area contributed by atoms with Crippen LogP contribution in [0, 0.1) is 0 Å². The molecule has 2 atom stereocenters. The maximum atomic E-state index is 6.31. The molecular weight excluding hydrogens is 280 g/mol. The van der Waals surface area contributed by atoms with Crippen molar-refractivity contribution in [3.05, 3.63) is 58.1 Å². The lowest BCUT2D eigenvalue weighted by Gasteiger charge is -2.27. The lowest BCUT2D eigenvalue weighted by atomic mass is 10.1. The van der Waals surface area contributed by atoms with Crippen molar-refractivity contribution < 1.29 is 4.42 Å². The smallest absolute Gasteiger partial charge is 0.123 e. The minimum atomic E-state index is 0.119. The number of thioether (sulfide) groups is 1. The molecule has 0 saturated carbocycles. The third-order valence-electron chi connectivity index (χ3n) is 3.17. The third-order valence-corrected chi connectivity index (χ3v) is 4.94. The van der Waals surface area contributed by atoms with Crippen molar-refractivity contribution in [2.24, 2.45) is 5.73 Å². The first kappa shape index (κ1) is 12.9. The Morgan fingerprint density at radius 2 is 2.37 bits per heavy atom. The van der Waals surface area contributed by atoms with Crippen molar-refractivity contribution in [1.29, 1.82) is 0 Å². The molecule has 0 saturated heterocycles. The molecule has 5 heteroatoms. The first-order valence-corrected chi connectivity index (χ1v) is 7.43. The molecule has 1 aromatic heterocycles. The second kappa shape index (κ2) is 5.12. The summed E-state index contributed by atoms with van der Waals surface area (Å²) in [7, 11) is 0. The zero-order valence-corrected chi connectivity index (χ0v) is 12.1. The van der Waals surface area contributed by atoms with E-state index < -0.39 is 0 Å². The highest BCUT2D eigenvalue weighted by Gasteiger charge is 2.30. The van der Waals surface area contributed by atoms with E-state index in [1.54, 1.807) is 18.0 Å². The average molecular weight is 295 g/mol. The van der Waals surface area contributed by atoms with Gasteiger partial charge in [0.05, 0.1) is 18.5 Å². The van der Waals surface area contributed by atoms with E-state index in [1.807, 2.05) is 25.1 Å². The van der Waals surface area contributed by atoms with Gasteiger partial charge >= 0.3 is 0 Å². The summed E-state index contributed by atoms with van der Waals surface area (Å²) in [6.45, 7) is 2.66. The molecule has 3 nitrogen and oxygen atoms in total. The highest BCUT2D eigenvalue weighted by Crippen LogP contribution is 2.44. The molecule has 3 heterocycles. The fourth-order valence-electron chi connectivity index (χ4n) is 2.15. The van der Waals surface area contributed by atoms with E-state index in [4.69, 9.17) is 21.8 Å². The molecule has 2 N–H and O–H groups in total. The van der Waals surface area contributed by atoms with Crippen LogP contribution in [0.25, 0.3) is 0 Å². The fraction of sp³-hybridized carbons (Fsp3) is 0.286. The molecule has 2 aliphatic rings. The van der Waals surface area contributed by atoms with Crippen molar-refractivity contribution >= 4 is 23.4 Å². The molecule has 0 fully saturated rings. The zero-order chi connectivity index (χ0) is 13.4. The summed E-state index contributed by atoms with van der Waals surface area (Å²) >= 11 is 8.10. The molecule has 3 rings (SSSR count). The second-order valence-corrected chi connectivity index (χ2v) is 6.29. The Hall–Kier alpha value is -1.10. The largest absolute Gasteiger partial charge is 0.467 e. The summed E-state index contributed by atoms with van der Waals surface area (Å²) in [4.78, 5) is 3.28. The van der Waals surface area contributed by atoms with Crippen LogP contribution in [0.1, 0.15) is 12.7 Å². The number of fused-ring (bicyclic) bond motifs is 1. The molecule has 2 aliphatic heterocycles. The summed E-state index contributed by atoms with van der Waals surface area (Å²) in [5.41, 5.74) is 7.12. The summed E-state index contributed by atoms with van der Waals surface area (Å²) in [6.07, 6.45) is 7.85. The highest BCUT2D eigenvalue weighted by atomic mass is 35.5. The van der Waals surface area contributed by atoms with Gasteiger partial charge in [-0.05, 0) is 37.3 Å². The number of allylic oxidation sites excluding steroid dienone is 2. The minimum Gasteiger partial charge on any atom is -0.467 e. The van der Waals surface area contributed by atoms with Gasteiger partial charge in [-0.2, -0.15) is 0 Å². The van der Waals surface area contributed by atoms with Gasteiger partial charge in [0.1, 0.15) is 10.9 Å². The normalized spacial score (nSPS) is 23.6. The van der Waals surface area contributed by atoms with Gasteiger partial charge in [0.25, 0.3) is 0 Å². The number of nitrogens with two attached hydrogens (primary N) is 1. The van der Waals surface area contributed by atoms with Crippen LogP contribution in [-0.4, -0.2) is 16.2 Å². The number of rotatable bonds is 3. The first-order chi connectivity index (χ1) is 9.15. The van der Waals surface area contributed by atoms with Crippen LogP contribution in [0.3, 0.4) is 0 Å². The van der Waals surface area contributed by atoms with Gasteiger partial charge in [0, 0.05) is 16.2 Å². The quantitative estimate of drug-likeness (QED) is 0.868. The SMILES string of the molecule is C[C@@H](N)C1C=C2C(=CC=C(Cl)N2Cc2ccco2)S1. The van der Waals surface area contributed by atoms with Crippen molar-refractivity contribution in [3.63, 3.8) is 0 Å². The van der Waals surface area contributed by atoms with Crippen molar-refractivity contribution in [1.82, 2.24) is 4.90 Å². The van der Waals surface area contributed by atoms with E-state index >= 15 is 0 Å². The highest BCUT2D eigenvalue weighted by molar-refractivity contribution is 8.04. The molecule has 0 aliphatic carbocycles. The summed E-state index contributed by atoms with van der Waals surface area (Å²) in [5.74, 6) is 0.892. The van der Waals surface area contributed by atoms with Crippen molar-refractivity contribution in [2.75, 3.05) is 0 Å². The van der Waals surface area contributed by atoms with Crippen LogP contribution in [0.2, 0.25) is 0 Å². The lowest BCUT2D eigenvalue weighted by Crippen LogP contribution is -2.26. The van der Waals surface area contributed by atoms with Crippen LogP contribution in [0.5, 0.6) is 0 Å². The molecule has 100 valence electrons. The number of nitrogens with zero attached hydrogens (tertiary/aromatic N) is 1. The van der Waals surface area contributed by atoms with Crippen molar-refractivity contribution in [3.8, 4) is 0 Å². The number of hydrogen-bond donors (Lipinski definition) is 1. The monoisotopic (exact) mass is 294 g/mol. The molecule has 0 aromatic carbocycles. The Labute approximate surface area is 121 Å². The maximum absolute atomic E-state index is 6.31. The summed E-state index contributed by atoms with van der Waals surface area (Å²) < 4.78 is 5.40.